The monoisotopic (exact) mass is 559 g/mol. The van der Waals surface area contributed by atoms with Crippen LogP contribution in [0.3, 0.4) is 0 Å². The van der Waals surface area contributed by atoms with Gasteiger partial charge >= 0.3 is 6.18 Å². The molecule has 1 heterocycles. The molecule has 0 fully saturated rings. The highest BCUT2D eigenvalue weighted by Crippen LogP contribution is 2.29. The average Bonchev–Trinajstić information content (AvgIpc) is 2.87. The molecule has 0 spiro atoms. The zero-order valence-electron chi connectivity index (χ0n) is 24.0. The zero-order valence-corrected chi connectivity index (χ0v) is 24.0. The first kappa shape index (κ1) is 32.7. The van der Waals surface area contributed by atoms with Crippen LogP contribution in [0.2, 0.25) is 0 Å². The second-order valence-corrected chi connectivity index (χ2v) is 10.8. The molecule has 1 N–H and O–H groups in total. The van der Waals surface area contributed by atoms with E-state index >= 15 is 0 Å². The van der Waals surface area contributed by atoms with Gasteiger partial charge in [0.15, 0.2) is 0 Å². The number of alkyl halides is 3. The first-order chi connectivity index (χ1) is 18.2. The second-order valence-electron chi connectivity index (χ2n) is 10.8. The Labute approximate surface area is 230 Å². The predicted molar refractivity (Wildman–Crippen MR) is 144 cm³/mol. The summed E-state index contributed by atoms with van der Waals surface area (Å²) < 4.78 is 50.3. The largest absolute Gasteiger partial charge is 0.490 e. The number of likely N-dealkylation sites (N-methyl/N-ethyl adjacent to an activating group) is 1. The summed E-state index contributed by atoms with van der Waals surface area (Å²) >= 11 is 0. The van der Waals surface area contributed by atoms with Crippen molar-refractivity contribution in [1.29, 1.82) is 0 Å². The number of aliphatic hydroxyl groups excluding tert-OH is 1. The Morgan fingerprint density at radius 1 is 1.21 bits per heavy atom. The molecule has 0 aliphatic carbocycles. The van der Waals surface area contributed by atoms with Crippen molar-refractivity contribution in [3.05, 3.63) is 23.8 Å². The zero-order chi connectivity index (χ0) is 29.3. The number of fused-ring (bicyclic) bond motifs is 1. The molecule has 0 saturated heterocycles. The molecule has 1 aliphatic heterocycles. The van der Waals surface area contributed by atoms with E-state index in [1.54, 1.807) is 24.0 Å². The molecular formula is C28H44F3N3O5. The van der Waals surface area contributed by atoms with Crippen molar-refractivity contribution in [2.75, 3.05) is 52.3 Å². The van der Waals surface area contributed by atoms with E-state index in [4.69, 9.17) is 9.47 Å². The molecule has 4 atom stereocenters. The van der Waals surface area contributed by atoms with Crippen LogP contribution < -0.4 is 9.64 Å². The third-order valence-electron chi connectivity index (χ3n) is 7.05. The highest BCUT2D eigenvalue weighted by Gasteiger charge is 2.32. The highest BCUT2D eigenvalue weighted by molar-refractivity contribution is 5.98. The summed E-state index contributed by atoms with van der Waals surface area (Å²) in [5.74, 6) is -0.736. The van der Waals surface area contributed by atoms with Crippen molar-refractivity contribution < 1.29 is 37.3 Å². The topological polar surface area (TPSA) is 82.6 Å². The first-order valence-corrected chi connectivity index (χ1v) is 13.6. The van der Waals surface area contributed by atoms with Gasteiger partial charge in [0.2, 0.25) is 5.91 Å². The van der Waals surface area contributed by atoms with Crippen LogP contribution in [0.5, 0.6) is 5.75 Å². The fourth-order valence-electron chi connectivity index (χ4n) is 4.46. The van der Waals surface area contributed by atoms with Gasteiger partial charge in [-0.1, -0.05) is 6.92 Å². The summed E-state index contributed by atoms with van der Waals surface area (Å²) in [7, 11) is 5.23. The van der Waals surface area contributed by atoms with E-state index in [-0.39, 0.29) is 37.6 Å². The third-order valence-corrected chi connectivity index (χ3v) is 7.05. The van der Waals surface area contributed by atoms with Crippen LogP contribution in [0.15, 0.2) is 18.2 Å². The van der Waals surface area contributed by atoms with Gasteiger partial charge in [-0.15, -0.1) is 0 Å². The van der Waals surface area contributed by atoms with Gasteiger partial charge in [-0.25, -0.2) is 0 Å². The van der Waals surface area contributed by atoms with Crippen LogP contribution in [0, 0.1) is 5.92 Å². The van der Waals surface area contributed by atoms with Crippen LogP contribution in [0.4, 0.5) is 18.9 Å². The number of aliphatic hydroxyl groups is 1. The SMILES string of the molecule is C[C@@H]1CCCCO[C@H](CN(C)C(=O)CCC(F)(F)F)[C@H](C)CN([C@@H](C)CO)C(=O)c2cc(N(C)C)ccc2O1. The number of carbonyl (C=O) groups excluding carboxylic acids is 2. The van der Waals surface area contributed by atoms with Crippen molar-refractivity contribution in [1.82, 2.24) is 9.80 Å². The number of carbonyl (C=O) groups is 2. The van der Waals surface area contributed by atoms with Crippen LogP contribution >= 0.6 is 0 Å². The molecule has 0 saturated carbocycles. The normalized spacial score (nSPS) is 22.4. The lowest BCUT2D eigenvalue weighted by Crippen LogP contribution is -2.48. The molecule has 0 bridgehead atoms. The number of ether oxygens (including phenoxy) is 2. The Hall–Kier alpha value is -2.53. The van der Waals surface area contributed by atoms with Crippen LogP contribution in [0.1, 0.15) is 63.2 Å². The van der Waals surface area contributed by atoms with E-state index in [2.05, 4.69) is 0 Å². The van der Waals surface area contributed by atoms with Crippen molar-refractivity contribution >= 4 is 17.5 Å². The molecule has 1 aromatic carbocycles. The second kappa shape index (κ2) is 14.7. The lowest BCUT2D eigenvalue weighted by Gasteiger charge is -2.36. The van der Waals surface area contributed by atoms with Crippen molar-refractivity contribution in [2.24, 2.45) is 5.92 Å². The summed E-state index contributed by atoms with van der Waals surface area (Å²) in [6.07, 6.45) is -4.59. The van der Waals surface area contributed by atoms with E-state index in [1.807, 2.05) is 38.9 Å². The molecule has 1 aromatic rings. The smallest absolute Gasteiger partial charge is 0.389 e. The van der Waals surface area contributed by atoms with Gasteiger partial charge in [-0.3, -0.25) is 9.59 Å². The standard InChI is InChI=1S/C28H44F3N3O5/c1-19-16-34(20(2)18-35)27(37)23-15-22(32(4)5)10-11-24(23)39-21(3)9-7-8-14-38-25(19)17-33(6)26(36)12-13-28(29,30)31/h10-11,15,19-21,25,35H,7-9,12-14,16-18H2,1-6H3/t19-,20+,21-,25-/m1/s1. The number of anilines is 1. The number of rotatable bonds is 7. The van der Waals surface area contributed by atoms with Crippen LogP contribution in [0.25, 0.3) is 0 Å². The van der Waals surface area contributed by atoms with E-state index in [0.717, 1.165) is 24.9 Å². The van der Waals surface area contributed by atoms with Gasteiger partial charge < -0.3 is 29.3 Å². The highest BCUT2D eigenvalue weighted by atomic mass is 19.4. The molecule has 11 heteroatoms. The maximum atomic E-state index is 14.0. The quantitative estimate of drug-likeness (QED) is 0.535. The molecular weight excluding hydrogens is 515 g/mol. The maximum absolute atomic E-state index is 14.0. The van der Waals surface area contributed by atoms with Gasteiger partial charge in [-0.2, -0.15) is 13.2 Å². The van der Waals surface area contributed by atoms with E-state index in [0.29, 0.717) is 17.9 Å². The Kier molecular flexibility index (Phi) is 12.4. The molecule has 0 radical (unpaired) electrons. The first-order valence-electron chi connectivity index (χ1n) is 13.6. The Bertz CT molecular complexity index is 944. The third kappa shape index (κ3) is 10.2. The summed E-state index contributed by atoms with van der Waals surface area (Å²) in [5.41, 5.74) is 1.21. The summed E-state index contributed by atoms with van der Waals surface area (Å²) in [6, 6.07) is 4.94. The van der Waals surface area contributed by atoms with E-state index in [9.17, 15) is 27.9 Å². The fraction of sp³-hybridized carbons (Fsp3) is 0.714. The average molecular weight is 560 g/mol. The number of benzene rings is 1. The molecule has 0 unspecified atom stereocenters. The molecule has 2 rings (SSSR count). The molecule has 0 aromatic heterocycles. The van der Waals surface area contributed by atoms with Crippen molar-refractivity contribution in [3.8, 4) is 5.75 Å². The molecule has 39 heavy (non-hydrogen) atoms. The number of nitrogens with zero attached hydrogens (tertiary/aromatic N) is 3. The van der Waals surface area contributed by atoms with Gasteiger partial charge in [0.05, 0.1) is 36.8 Å². The van der Waals surface area contributed by atoms with Crippen LogP contribution in [-0.4, -0.2) is 98.6 Å². The van der Waals surface area contributed by atoms with Gasteiger partial charge in [-0.05, 0) is 51.3 Å². The molecule has 222 valence electrons. The van der Waals surface area contributed by atoms with Gasteiger partial charge in [0, 0.05) is 58.9 Å². The number of halogens is 3. The lowest BCUT2D eigenvalue weighted by molar-refractivity contribution is -0.149. The number of hydrogen-bond acceptors (Lipinski definition) is 6. The summed E-state index contributed by atoms with van der Waals surface area (Å²) in [4.78, 5) is 31.1. The molecule has 1 aliphatic rings. The van der Waals surface area contributed by atoms with Crippen molar-refractivity contribution in [2.45, 2.75) is 77.3 Å². The minimum Gasteiger partial charge on any atom is -0.490 e. The Morgan fingerprint density at radius 2 is 1.90 bits per heavy atom. The molecule has 2 amide bonds. The Balaban J connectivity index is 2.38. The van der Waals surface area contributed by atoms with Crippen molar-refractivity contribution in [3.63, 3.8) is 0 Å². The summed E-state index contributed by atoms with van der Waals surface area (Å²) in [5, 5.41) is 9.99. The Morgan fingerprint density at radius 3 is 2.51 bits per heavy atom. The maximum Gasteiger partial charge on any atom is 0.389 e. The minimum atomic E-state index is -4.41. The lowest BCUT2D eigenvalue weighted by atomic mass is 10.0. The van der Waals surface area contributed by atoms with E-state index < -0.39 is 37.1 Å². The number of amides is 2. The minimum absolute atomic E-state index is 0.0915. The predicted octanol–water partition coefficient (Wildman–Crippen LogP) is 4.35. The van der Waals surface area contributed by atoms with Crippen LogP contribution in [-0.2, 0) is 9.53 Å². The fourth-order valence-corrected chi connectivity index (χ4v) is 4.46. The van der Waals surface area contributed by atoms with Gasteiger partial charge in [0.1, 0.15) is 5.75 Å². The van der Waals surface area contributed by atoms with Gasteiger partial charge in [0.25, 0.3) is 5.91 Å². The molecule has 8 nitrogen and oxygen atoms in total. The summed E-state index contributed by atoms with van der Waals surface area (Å²) in [6.45, 7) is 6.00. The number of hydrogen-bond donors (Lipinski definition) is 1. The van der Waals surface area contributed by atoms with E-state index in [1.165, 1.54) is 11.9 Å².